The van der Waals surface area contributed by atoms with Crippen LogP contribution < -0.4 is 0 Å². The van der Waals surface area contributed by atoms with Crippen LogP contribution in [0.2, 0.25) is 0 Å². The summed E-state index contributed by atoms with van der Waals surface area (Å²) in [5, 5.41) is 0. The molecule has 3 heteroatoms. The van der Waals surface area contributed by atoms with Crippen LogP contribution >= 0.6 is 12.2 Å². The van der Waals surface area contributed by atoms with Crippen LogP contribution in [0.25, 0.3) is 0 Å². The first-order valence-electron chi connectivity index (χ1n) is 5.09. The van der Waals surface area contributed by atoms with Crippen LogP contribution in [-0.4, -0.2) is 9.97 Å². The predicted molar refractivity (Wildman–Crippen MR) is 62.1 cm³/mol. The molecule has 1 rings (SSSR count). The van der Waals surface area contributed by atoms with Crippen molar-refractivity contribution in [3.05, 3.63) is 22.2 Å². The van der Waals surface area contributed by atoms with Gasteiger partial charge in [0.1, 0.15) is 10.5 Å². The van der Waals surface area contributed by atoms with E-state index in [1.165, 1.54) is 5.69 Å². The number of hydrogen-bond acceptors (Lipinski definition) is 2. The van der Waals surface area contributed by atoms with E-state index in [1.54, 1.807) is 0 Å². The average molecular weight is 210 g/mol. The van der Waals surface area contributed by atoms with Crippen LogP contribution in [-0.2, 0) is 6.42 Å². The molecule has 1 N–H and O–H groups in total. The first-order chi connectivity index (χ1) is 6.49. The Morgan fingerprint density at radius 1 is 1.36 bits per heavy atom. The predicted octanol–water partition coefficient (Wildman–Crippen LogP) is 3.46. The fourth-order valence-electron chi connectivity index (χ4n) is 1.35. The number of rotatable bonds is 3. The maximum Gasteiger partial charge on any atom is 0.129 e. The SMILES string of the molecule is CC(C)Cc1cc(=S)nc(C(C)C)[nH]1. The molecule has 0 atom stereocenters. The van der Waals surface area contributed by atoms with Crippen molar-refractivity contribution in [3.63, 3.8) is 0 Å². The molecule has 0 radical (unpaired) electrons. The van der Waals surface area contributed by atoms with Gasteiger partial charge in [-0.05, 0) is 18.4 Å². The molecule has 14 heavy (non-hydrogen) atoms. The fraction of sp³-hybridized carbons (Fsp3) is 0.636. The molecular formula is C11H18N2S. The Hall–Kier alpha value is -0.700. The zero-order valence-corrected chi connectivity index (χ0v) is 10.1. The highest BCUT2D eigenvalue weighted by molar-refractivity contribution is 7.71. The van der Waals surface area contributed by atoms with Crippen molar-refractivity contribution >= 4 is 12.2 Å². The number of nitrogens with zero attached hydrogens (tertiary/aromatic N) is 1. The number of aromatic nitrogens is 2. The lowest BCUT2D eigenvalue weighted by Crippen LogP contribution is -2.04. The quantitative estimate of drug-likeness (QED) is 0.774. The van der Waals surface area contributed by atoms with Gasteiger partial charge in [-0.2, -0.15) is 0 Å². The molecular weight excluding hydrogens is 192 g/mol. The minimum absolute atomic E-state index is 0.406. The topological polar surface area (TPSA) is 28.7 Å². The summed E-state index contributed by atoms with van der Waals surface area (Å²) in [6.07, 6.45) is 1.03. The van der Waals surface area contributed by atoms with Gasteiger partial charge in [0.15, 0.2) is 0 Å². The second kappa shape index (κ2) is 4.69. The summed E-state index contributed by atoms with van der Waals surface area (Å²) in [7, 11) is 0. The average Bonchev–Trinajstić information content (AvgIpc) is 2.01. The van der Waals surface area contributed by atoms with E-state index in [9.17, 15) is 0 Å². The van der Waals surface area contributed by atoms with Gasteiger partial charge in [0.05, 0.1) is 0 Å². The van der Waals surface area contributed by atoms with Gasteiger partial charge < -0.3 is 4.98 Å². The second-order valence-electron chi connectivity index (χ2n) is 4.38. The van der Waals surface area contributed by atoms with Crippen molar-refractivity contribution < 1.29 is 0 Å². The molecule has 0 bridgehead atoms. The number of hydrogen-bond donors (Lipinski definition) is 1. The molecule has 1 aromatic heterocycles. The molecule has 0 saturated heterocycles. The van der Waals surface area contributed by atoms with Gasteiger partial charge in [0, 0.05) is 11.6 Å². The van der Waals surface area contributed by atoms with Gasteiger partial charge in [-0.15, -0.1) is 0 Å². The highest BCUT2D eigenvalue weighted by Gasteiger charge is 2.04. The Morgan fingerprint density at radius 3 is 2.50 bits per heavy atom. The molecule has 1 heterocycles. The van der Waals surface area contributed by atoms with Crippen molar-refractivity contribution in [2.45, 2.75) is 40.0 Å². The molecule has 0 aromatic carbocycles. The molecule has 78 valence electrons. The first kappa shape index (κ1) is 11.4. The molecule has 0 aliphatic heterocycles. The summed E-state index contributed by atoms with van der Waals surface area (Å²) in [5.41, 5.74) is 1.20. The van der Waals surface area contributed by atoms with Crippen LogP contribution in [0.3, 0.4) is 0 Å². The van der Waals surface area contributed by atoms with Gasteiger partial charge in [0.25, 0.3) is 0 Å². The Balaban J connectivity index is 3.01. The Kier molecular flexibility index (Phi) is 3.81. The molecule has 2 nitrogen and oxygen atoms in total. The molecule has 0 aliphatic rings. The van der Waals surface area contributed by atoms with Crippen LogP contribution in [0.5, 0.6) is 0 Å². The lowest BCUT2D eigenvalue weighted by atomic mass is 10.1. The summed E-state index contributed by atoms with van der Waals surface area (Å²) < 4.78 is 0.697. The minimum atomic E-state index is 0.406. The first-order valence-corrected chi connectivity index (χ1v) is 5.50. The lowest BCUT2D eigenvalue weighted by molar-refractivity contribution is 0.625. The minimum Gasteiger partial charge on any atom is -0.347 e. The molecule has 1 aromatic rings. The van der Waals surface area contributed by atoms with Crippen molar-refractivity contribution in [2.75, 3.05) is 0 Å². The van der Waals surface area contributed by atoms with Crippen LogP contribution in [0.1, 0.15) is 45.1 Å². The van der Waals surface area contributed by atoms with E-state index in [4.69, 9.17) is 12.2 Å². The molecule has 0 aliphatic carbocycles. The normalized spacial score (nSPS) is 11.3. The van der Waals surface area contributed by atoms with E-state index in [2.05, 4.69) is 37.7 Å². The number of aromatic amines is 1. The van der Waals surface area contributed by atoms with Gasteiger partial charge >= 0.3 is 0 Å². The van der Waals surface area contributed by atoms with Crippen LogP contribution in [0.15, 0.2) is 6.07 Å². The summed E-state index contributed by atoms with van der Waals surface area (Å²) in [5.74, 6) is 2.04. The lowest BCUT2D eigenvalue weighted by Gasteiger charge is -2.09. The Bertz CT molecular complexity index is 353. The van der Waals surface area contributed by atoms with E-state index in [0.717, 1.165) is 12.2 Å². The van der Waals surface area contributed by atoms with Gasteiger partial charge in [-0.3, -0.25) is 0 Å². The zero-order valence-electron chi connectivity index (χ0n) is 9.29. The third-order valence-electron chi connectivity index (χ3n) is 1.99. The zero-order chi connectivity index (χ0) is 10.7. The largest absolute Gasteiger partial charge is 0.347 e. The molecule has 0 amide bonds. The Labute approximate surface area is 90.8 Å². The van der Waals surface area contributed by atoms with E-state index in [0.29, 0.717) is 16.5 Å². The third-order valence-corrected chi connectivity index (χ3v) is 2.20. The van der Waals surface area contributed by atoms with E-state index >= 15 is 0 Å². The Morgan fingerprint density at radius 2 is 2.00 bits per heavy atom. The van der Waals surface area contributed by atoms with Crippen molar-refractivity contribution in [3.8, 4) is 0 Å². The monoisotopic (exact) mass is 210 g/mol. The van der Waals surface area contributed by atoms with Crippen molar-refractivity contribution in [2.24, 2.45) is 5.92 Å². The smallest absolute Gasteiger partial charge is 0.129 e. The maximum atomic E-state index is 5.13. The number of nitrogens with one attached hydrogen (secondary N) is 1. The number of H-pyrrole nitrogens is 1. The van der Waals surface area contributed by atoms with Crippen molar-refractivity contribution in [1.29, 1.82) is 0 Å². The molecule has 0 spiro atoms. The summed E-state index contributed by atoms with van der Waals surface area (Å²) >= 11 is 5.13. The molecule has 0 saturated carbocycles. The maximum absolute atomic E-state index is 5.13. The highest BCUT2D eigenvalue weighted by Crippen LogP contribution is 2.11. The molecule has 0 fully saturated rings. The van der Waals surface area contributed by atoms with E-state index < -0.39 is 0 Å². The summed E-state index contributed by atoms with van der Waals surface area (Å²) in [6.45, 7) is 8.64. The fourth-order valence-corrected chi connectivity index (χ4v) is 1.59. The summed E-state index contributed by atoms with van der Waals surface area (Å²) in [4.78, 5) is 7.64. The van der Waals surface area contributed by atoms with E-state index in [-0.39, 0.29) is 0 Å². The van der Waals surface area contributed by atoms with Crippen LogP contribution in [0, 0.1) is 10.6 Å². The standard InChI is InChI=1S/C11H18N2S/c1-7(2)5-9-6-10(14)13-11(12-9)8(3)4/h6-8H,5H2,1-4H3,(H,12,13,14). The van der Waals surface area contributed by atoms with E-state index in [1.807, 2.05) is 6.07 Å². The van der Waals surface area contributed by atoms with Gasteiger partial charge in [-0.25, -0.2) is 4.98 Å². The second-order valence-corrected chi connectivity index (χ2v) is 4.80. The highest BCUT2D eigenvalue weighted by atomic mass is 32.1. The molecule has 0 unspecified atom stereocenters. The third kappa shape index (κ3) is 3.22. The van der Waals surface area contributed by atoms with Crippen LogP contribution in [0.4, 0.5) is 0 Å². The van der Waals surface area contributed by atoms with Crippen molar-refractivity contribution in [1.82, 2.24) is 9.97 Å². The van der Waals surface area contributed by atoms with Gasteiger partial charge in [-0.1, -0.05) is 39.9 Å². The summed E-state index contributed by atoms with van der Waals surface area (Å²) in [6, 6.07) is 1.96. The van der Waals surface area contributed by atoms with Gasteiger partial charge in [0.2, 0.25) is 0 Å².